The predicted molar refractivity (Wildman–Crippen MR) is 171 cm³/mol. The summed E-state index contributed by atoms with van der Waals surface area (Å²) in [7, 11) is 3.14. The average Bonchev–Trinajstić information content (AvgIpc) is 3.03. The van der Waals surface area contributed by atoms with Crippen LogP contribution in [0.15, 0.2) is 48.5 Å². The van der Waals surface area contributed by atoms with E-state index in [1.807, 2.05) is 24.3 Å². The van der Waals surface area contributed by atoms with Crippen LogP contribution in [-0.2, 0) is 15.3 Å². The fraction of sp³-hybridized carbons (Fsp3) is 0.658. The van der Waals surface area contributed by atoms with Crippen molar-refractivity contribution in [2.75, 3.05) is 14.2 Å². The summed E-state index contributed by atoms with van der Waals surface area (Å²) in [6, 6.07) is 16.7. The van der Waals surface area contributed by atoms with Crippen LogP contribution in [0.25, 0.3) is 0 Å². The number of benzene rings is 2. The molecule has 0 atom stereocenters. The molecule has 0 radical (unpaired) electrons. The lowest BCUT2D eigenvalue weighted by molar-refractivity contribution is -0.176. The van der Waals surface area contributed by atoms with E-state index in [1.54, 1.807) is 14.2 Å². The van der Waals surface area contributed by atoms with Gasteiger partial charge in [0, 0.05) is 25.3 Å². The van der Waals surface area contributed by atoms with Crippen molar-refractivity contribution < 1.29 is 14.3 Å². The molecule has 2 saturated carbocycles. The Morgan fingerprint density at radius 2 is 1.05 bits per heavy atom. The van der Waals surface area contributed by atoms with Gasteiger partial charge in [0.25, 0.3) is 5.79 Å². The molecular formula is C38H56O3. The molecule has 0 unspecified atom stereocenters. The molecule has 41 heavy (non-hydrogen) atoms. The van der Waals surface area contributed by atoms with Gasteiger partial charge >= 0.3 is 0 Å². The second-order valence-electron chi connectivity index (χ2n) is 13.0. The molecule has 0 aromatic heterocycles. The van der Waals surface area contributed by atoms with Gasteiger partial charge in [-0.2, -0.15) is 0 Å². The molecule has 0 saturated heterocycles. The topological polar surface area (TPSA) is 35.5 Å². The maximum Gasteiger partial charge on any atom is 0.260 e. The fourth-order valence-electron chi connectivity index (χ4n) is 7.64. The lowest BCUT2D eigenvalue weighted by atomic mass is 9.76. The van der Waals surface area contributed by atoms with Crippen LogP contribution in [-0.4, -0.2) is 20.0 Å². The lowest BCUT2D eigenvalue weighted by Crippen LogP contribution is -2.40. The zero-order valence-corrected chi connectivity index (χ0v) is 26.5. The summed E-state index contributed by atoms with van der Waals surface area (Å²) >= 11 is 0. The van der Waals surface area contributed by atoms with E-state index in [2.05, 4.69) is 38.1 Å². The molecule has 0 heterocycles. The molecule has 3 heteroatoms. The number of Topliss-reactive ketones (excluding diaryl/α,β-unsaturated/α-hetero) is 1. The minimum atomic E-state index is -1.44. The van der Waals surface area contributed by atoms with Gasteiger partial charge in [0.2, 0.25) is 5.78 Å². The molecule has 2 aliphatic carbocycles. The van der Waals surface area contributed by atoms with Gasteiger partial charge < -0.3 is 9.47 Å². The van der Waals surface area contributed by atoms with E-state index < -0.39 is 5.79 Å². The number of hydrogen-bond donors (Lipinski definition) is 0. The smallest absolute Gasteiger partial charge is 0.260 e. The molecule has 4 rings (SSSR count). The Hall–Kier alpha value is -1.97. The molecule has 0 amide bonds. The monoisotopic (exact) mass is 560 g/mol. The number of carbonyl (C=O) groups is 1. The van der Waals surface area contributed by atoms with Crippen LogP contribution in [0.5, 0.6) is 0 Å². The third kappa shape index (κ3) is 8.11. The van der Waals surface area contributed by atoms with Gasteiger partial charge in [0.05, 0.1) is 0 Å². The fourth-order valence-corrected chi connectivity index (χ4v) is 7.64. The van der Waals surface area contributed by atoms with Gasteiger partial charge in [-0.25, -0.2) is 0 Å². The van der Waals surface area contributed by atoms with Gasteiger partial charge in [-0.3, -0.25) is 4.79 Å². The number of methoxy groups -OCH3 is 2. The van der Waals surface area contributed by atoms with E-state index in [1.165, 1.54) is 114 Å². The maximum absolute atomic E-state index is 13.9. The highest BCUT2D eigenvalue weighted by Crippen LogP contribution is 2.40. The number of ketones is 1. The molecule has 226 valence electrons. The number of hydrogen-bond acceptors (Lipinski definition) is 3. The minimum Gasteiger partial charge on any atom is -0.343 e. The standard InChI is InChI=1S/C38H56O3/c1-5-7-9-11-29-13-17-31(18-14-29)33-21-23-35(24-22-33)37(39)38(40-3,41-4)36-27-25-34(26-28-36)32-19-15-30(16-20-32)12-10-8-6-2/h21-32H,5-20H2,1-4H3. The van der Waals surface area contributed by atoms with Crippen molar-refractivity contribution in [3.63, 3.8) is 0 Å². The van der Waals surface area contributed by atoms with Crippen LogP contribution >= 0.6 is 0 Å². The summed E-state index contributed by atoms with van der Waals surface area (Å²) in [5.41, 5.74) is 4.13. The van der Waals surface area contributed by atoms with E-state index in [-0.39, 0.29) is 5.78 Å². The normalized spacial score (nSPS) is 23.4. The zero-order valence-electron chi connectivity index (χ0n) is 26.5. The third-order valence-corrected chi connectivity index (χ3v) is 10.4. The first kappa shape index (κ1) is 32.0. The van der Waals surface area contributed by atoms with Gasteiger partial charge in [-0.1, -0.05) is 114 Å². The minimum absolute atomic E-state index is 0.144. The van der Waals surface area contributed by atoms with Crippen molar-refractivity contribution in [3.8, 4) is 0 Å². The zero-order chi connectivity index (χ0) is 29.1. The quantitative estimate of drug-likeness (QED) is 0.123. The summed E-state index contributed by atoms with van der Waals surface area (Å²) in [4.78, 5) is 13.9. The Morgan fingerprint density at radius 3 is 1.44 bits per heavy atom. The predicted octanol–water partition coefficient (Wildman–Crippen LogP) is 10.7. The van der Waals surface area contributed by atoms with Crippen LogP contribution in [0.4, 0.5) is 0 Å². The van der Waals surface area contributed by atoms with Crippen molar-refractivity contribution in [2.45, 2.75) is 134 Å². The van der Waals surface area contributed by atoms with Gasteiger partial charge in [0.15, 0.2) is 0 Å². The van der Waals surface area contributed by atoms with Crippen LogP contribution < -0.4 is 0 Å². The largest absolute Gasteiger partial charge is 0.343 e. The second kappa shape index (κ2) is 16.0. The molecule has 2 aliphatic rings. The first-order valence-corrected chi connectivity index (χ1v) is 16.9. The number of ether oxygens (including phenoxy) is 2. The SMILES string of the molecule is CCCCCC1CCC(c2ccc(C(=O)C(OC)(OC)c3ccc(C4CCC(CCCCC)CC4)cc3)cc2)CC1. The summed E-state index contributed by atoms with van der Waals surface area (Å²) in [5, 5.41) is 0. The molecular weight excluding hydrogens is 504 g/mol. The van der Waals surface area contributed by atoms with Crippen molar-refractivity contribution in [2.24, 2.45) is 11.8 Å². The Bertz CT molecular complexity index is 1020. The number of unbranched alkanes of at least 4 members (excludes halogenated alkanes) is 4. The maximum atomic E-state index is 13.9. The van der Waals surface area contributed by atoms with Crippen molar-refractivity contribution in [3.05, 3.63) is 70.8 Å². The Morgan fingerprint density at radius 1 is 0.634 bits per heavy atom. The Balaban J connectivity index is 1.37. The second-order valence-corrected chi connectivity index (χ2v) is 13.0. The molecule has 0 aliphatic heterocycles. The van der Waals surface area contributed by atoms with Crippen LogP contribution in [0, 0.1) is 11.8 Å². The summed E-state index contributed by atoms with van der Waals surface area (Å²) in [6.07, 6.45) is 21.3. The van der Waals surface area contributed by atoms with Crippen molar-refractivity contribution >= 4 is 5.78 Å². The summed E-state index contributed by atoms with van der Waals surface area (Å²) < 4.78 is 11.7. The van der Waals surface area contributed by atoms with Gasteiger partial charge in [0.1, 0.15) is 0 Å². The third-order valence-electron chi connectivity index (χ3n) is 10.4. The molecule has 0 bridgehead atoms. The van der Waals surface area contributed by atoms with E-state index >= 15 is 0 Å². The average molecular weight is 561 g/mol. The van der Waals surface area contributed by atoms with Crippen LogP contribution in [0.1, 0.15) is 155 Å². The van der Waals surface area contributed by atoms with E-state index in [0.29, 0.717) is 17.4 Å². The molecule has 0 N–H and O–H groups in total. The van der Waals surface area contributed by atoms with Crippen LogP contribution in [0.3, 0.4) is 0 Å². The first-order valence-electron chi connectivity index (χ1n) is 16.9. The molecule has 0 spiro atoms. The summed E-state index contributed by atoms with van der Waals surface area (Å²) in [5.74, 6) is 1.44. The van der Waals surface area contributed by atoms with E-state index in [9.17, 15) is 4.79 Å². The lowest BCUT2D eigenvalue weighted by Gasteiger charge is -2.32. The van der Waals surface area contributed by atoms with Crippen molar-refractivity contribution in [1.29, 1.82) is 0 Å². The highest BCUT2D eigenvalue weighted by molar-refractivity contribution is 6.02. The van der Waals surface area contributed by atoms with E-state index in [4.69, 9.17) is 9.47 Å². The number of carbonyl (C=O) groups excluding carboxylic acids is 1. The highest BCUT2D eigenvalue weighted by Gasteiger charge is 2.42. The molecule has 2 aromatic rings. The van der Waals surface area contributed by atoms with Crippen molar-refractivity contribution in [1.82, 2.24) is 0 Å². The molecule has 2 aromatic carbocycles. The molecule has 2 fully saturated rings. The molecule has 3 nitrogen and oxygen atoms in total. The highest BCUT2D eigenvalue weighted by atomic mass is 16.7. The Kier molecular flexibility index (Phi) is 12.5. The number of rotatable bonds is 15. The van der Waals surface area contributed by atoms with E-state index in [0.717, 1.165) is 17.4 Å². The van der Waals surface area contributed by atoms with Gasteiger partial charge in [-0.05, 0) is 86.2 Å². The first-order chi connectivity index (χ1) is 20.0. The Labute approximate surface area is 250 Å². The van der Waals surface area contributed by atoms with Crippen LogP contribution in [0.2, 0.25) is 0 Å². The summed E-state index contributed by atoms with van der Waals surface area (Å²) in [6.45, 7) is 4.57. The van der Waals surface area contributed by atoms with Gasteiger partial charge in [-0.15, -0.1) is 0 Å².